The van der Waals surface area contributed by atoms with E-state index in [4.69, 9.17) is 26.2 Å². The Hall–Kier alpha value is 0.280. The van der Waals surface area contributed by atoms with Crippen LogP contribution in [0.3, 0.4) is 0 Å². The second-order valence-corrected chi connectivity index (χ2v) is 2.04. The van der Waals surface area contributed by atoms with E-state index in [1.165, 1.54) is 0 Å². The maximum absolute atomic E-state index is 8.85. The molecule has 0 aromatic carbocycles. The molecule has 0 fully saturated rings. The summed E-state index contributed by atoms with van der Waals surface area (Å²) >= 11 is 0. The van der Waals surface area contributed by atoms with Crippen LogP contribution in [-0.4, -0.2) is 51.9 Å². The van der Waals surface area contributed by atoms with Crippen molar-refractivity contribution >= 4 is 17.0 Å². The van der Waals surface area contributed by atoms with Crippen LogP contribution in [0.2, 0.25) is 0 Å². The molecule has 70 valence electrons. The molecule has 11 heavy (non-hydrogen) atoms. The van der Waals surface area contributed by atoms with Crippen LogP contribution < -0.4 is 5.73 Å². The fraction of sp³-hybridized carbons (Fsp3) is 1.00. The minimum absolute atomic E-state index is 0. The first kappa shape index (κ1) is 13.8. The molecule has 0 radical (unpaired) electrons. The van der Waals surface area contributed by atoms with Crippen molar-refractivity contribution in [3.63, 3.8) is 0 Å². The van der Waals surface area contributed by atoms with Crippen LogP contribution in [-0.2, 0) is 0 Å². The first-order valence-electron chi connectivity index (χ1n) is 2.98. The zero-order chi connectivity index (χ0) is 8.15. The van der Waals surface area contributed by atoms with Crippen molar-refractivity contribution in [3.05, 3.63) is 0 Å². The molecule has 6 heteroatoms. The average Bonchev–Trinajstić information content (AvgIpc) is 2.00. The Labute approximate surface area is 75.2 Å². The summed E-state index contributed by atoms with van der Waals surface area (Å²) in [7, 11) is 0. The Morgan fingerprint density at radius 2 is 1.55 bits per heavy atom. The lowest BCUT2D eigenvalue weighted by Crippen LogP contribution is -2.43. The first-order chi connectivity index (χ1) is 4.63. The van der Waals surface area contributed by atoms with Crippen molar-refractivity contribution < 1.29 is 20.4 Å². The van der Waals surface area contributed by atoms with Crippen LogP contribution in [0.5, 0.6) is 0 Å². The van der Waals surface area contributed by atoms with Gasteiger partial charge >= 0.3 is 0 Å². The molecule has 0 amide bonds. The van der Waals surface area contributed by atoms with E-state index >= 15 is 0 Å². The highest BCUT2D eigenvalue weighted by Gasteiger charge is 2.22. The van der Waals surface area contributed by atoms with Crippen LogP contribution in [0, 0.1) is 0 Å². The van der Waals surface area contributed by atoms with Crippen molar-refractivity contribution in [1.29, 1.82) is 0 Å². The van der Waals surface area contributed by atoms with Gasteiger partial charge in [-0.25, -0.2) is 0 Å². The molecular formula is C5H14BrNO4. The molecule has 0 aliphatic carbocycles. The smallest absolute Gasteiger partial charge is 0.109 e. The zero-order valence-electron chi connectivity index (χ0n) is 5.92. The van der Waals surface area contributed by atoms with Crippen molar-refractivity contribution in [2.75, 3.05) is 13.2 Å². The molecule has 0 aromatic heterocycles. The van der Waals surface area contributed by atoms with Gasteiger partial charge in [-0.15, -0.1) is 17.0 Å². The molecule has 0 bridgehead atoms. The maximum Gasteiger partial charge on any atom is 0.109 e. The lowest BCUT2D eigenvalue weighted by molar-refractivity contribution is -0.0727. The number of hydrogen-bond acceptors (Lipinski definition) is 5. The number of aliphatic hydroxyl groups is 4. The van der Waals surface area contributed by atoms with Gasteiger partial charge in [0.25, 0.3) is 0 Å². The minimum Gasteiger partial charge on any atom is -0.394 e. The second-order valence-electron chi connectivity index (χ2n) is 2.04. The Balaban J connectivity index is 0. The number of halogens is 1. The molecule has 6 N–H and O–H groups in total. The predicted molar refractivity (Wildman–Crippen MR) is 44.5 cm³/mol. The molecule has 0 aromatic rings. The van der Waals surface area contributed by atoms with Crippen molar-refractivity contribution in [3.8, 4) is 0 Å². The molecule has 0 spiro atoms. The summed E-state index contributed by atoms with van der Waals surface area (Å²) in [5, 5.41) is 34.6. The van der Waals surface area contributed by atoms with Gasteiger partial charge in [0.1, 0.15) is 12.2 Å². The van der Waals surface area contributed by atoms with E-state index < -0.39 is 24.9 Å². The van der Waals surface area contributed by atoms with Crippen LogP contribution in [0.1, 0.15) is 0 Å². The van der Waals surface area contributed by atoms with E-state index in [0.29, 0.717) is 0 Å². The number of rotatable bonds is 4. The fourth-order valence-electron chi connectivity index (χ4n) is 0.504. The van der Waals surface area contributed by atoms with Gasteiger partial charge in [0, 0.05) is 6.54 Å². The molecule has 0 aliphatic rings. The van der Waals surface area contributed by atoms with E-state index in [9.17, 15) is 0 Å². The molecular weight excluding hydrogens is 218 g/mol. The molecule has 0 aliphatic heterocycles. The Morgan fingerprint density at radius 3 is 1.82 bits per heavy atom. The lowest BCUT2D eigenvalue weighted by atomic mass is 10.1. The van der Waals surface area contributed by atoms with Crippen molar-refractivity contribution in [2.24, 2.45) is 5.73 Å². The van der Waals surface area contributed by atoms with E-state index in [1.807, 2.05) is 0 Å². The first-order valence-corrected chi connectivity index (χ1v) is 2.98. The van der Waals surface area contributed by atoms with Crippen molar-refractivity contribution in [2.45, 2.75) is 18.3 Å². The van der Waals surface area contributed by atoms with Gasteiger partial charge in [-0.1, -0.05) is 0 Å². The maximum atomic E-state index is 8.85. The van der Waals surface area contributed by atoms with Gasteiger partial charge in [-0.2, -0.15) is 0 Å². The SMILES string of the molecule is Br.NCC(O)C(O)C(O)CO. The summed E-state index contributed by atoms with van der Waals surface area (Å²) < 4.78 is 0. The molecule has 0 saturated heterocycles. The highest BCUT2D eigenvalue weighted by atomic mass is 79.9. The molecule has 0 saturated carbocycles. The number of nitrogens with two attached hydrogens (primary N) is 1. The summed E-state index contributed by atoms with van der Waals surface area (Å²) in [5.41, 5.74) is 4.96. The Bertz CT molecular complexity index is 84.6. The topological polar surface area (TPSA) is 107 Å². The number of hydrogen-bond donors (Lipinski definition) is 5. The molecule has 0 rings (SSSR count). The highest BCUT2D eigenvalue weighted by molar-refractivity contribution is 8.93. The van der Waals surface area contributed by atoms with Crippen LogP contribution in [0.15, 0.2) is 0 Å². The molecule has 3 unspecified atom stereocenters. The van der Waals surface area contributed by atoms with Gasteiger partial charge < -0.3 is 26.2 Å². The molecule has 5 nitrogen and oxygen atoms in total. The Morgan fingerprint density at radius 1 is 1.09 bits per heavy atom. The summed E-state index contributed by atoms with van der Waals surface area (Å²) in [6, 6.07) is 0. The van der Waals surface area contributed by atoms with E-state index in [2.05, 4.69) is 0 Å². The largest absolute Gasteiger partial charge is 0.394 e. The molecule has 0 heterocycles. The summed E-state index contributed by atoms with van der Waals surface area (Å²) in [6.45, 7) is -0.726. The van der Waals surface area contributed by atoms with Gasteiger partial charge in [0.2, 0.25) is 0 Å². The average molecular weight is 232 g/mol. The summed E-state index contributed by atoms with van der Waals surface area (Å²) in [4.78, 5) is 0. The Kier molecular flexibility index (Phi) is 8.76. The monoisotopic (exact) mass is 231 g/mol. The second kappa shape index (κ2) is 6.96. The predicted octanol–water partition coefficient (Wildman–Crippen LogP) is -2.40. The highest BCUT2D eigenvalue weighted by Crippen LogP contribution is 1.97. The summed E-state index contributed by atoms with van der Waals surface area (Å²) in [5.74, 6) is 0. The standard InChI is InChI=1S/C5H13NO4.BrH/c6-1-3(8)5(10)4(9)2-7;/h3-5,7-10H,1-2,6H2;1H. The van der Waals surface area contributed by atoms with Gasteiger partial charge in [-0.3, -0.25) is 0 Å². The third kappa shape index (κ3) is 4.67. The summed E-state index contributed by atoms with van der Waals surface area (Å²) in [6.07, 6.45) is -3.87. The molecule has 3 atom stereocenters. The van der Waals surface area contributed by atoms with Gasteiger partial charge in [0.05, 0.1) is 12.7 Å². The van der Waals surface area contributed by atoms with Crippen LogP contribution in [0.4, 0.5) is 0 Å². The normalized spacial score (nSPS) is 18.3. The minimum atomic E-state index is -1.37. The van der Waals surface area contributed by atoms with E-state index in [-0.39, 0.29) is 23.5 Å². The third-order valence-corrected chi connectivity index (χ3v) is 1.22. The van der Waals surface area contributed by atoms with Crippen LogP contribution in [0.25, 0.3) is 0 Å². The number of aliphatic hydroxyl groups excluding tert-OH is 4. The van der Waals surface area contributed by atoms with Crippen molar-refractivity contribution in [1.82, 2.24) is 0 Å². The van der Waals surface area contributed by atoms with Gasteiger partial charge in [0.15, 0.2) is 0 Å². The van der Waals surface area contributed by atoms with Gasteiger partial charge in [-0.05, 0) is 0 Å². The van der Waals surface area contributed by atoms with Crippen LogP contribution >= 0.6 is 17.0 Å². The quantitative estimate of drug-likeness (QED) is 0.371. The fourth-order valence-corrected chi connectivity index (χ4v) is 0.504. The van der Waals surface area contributed by atoms with E-state index in [1.54, 1.807) is 0 Å². The zero-order valence-corrected chi connectivity index (χ0v) is 7.63. The van der Waals surface area contributed by atoms with E-state index in [0.717, 1.165) is 0 Å². The lowest BCUT2D eigenvalue weighted by Gasteiger charge is -2.19. The third-order valence-electron chi connectivity index (χ3n) is 1.22.